The van der Waals surface area contributed by atoms with Crippen LogP contribution in [-0.2, 0) is 16.0 Å². The number of pyridine rings is 1. The van der Waals surface area contributed by atoms with Gasteiger partial charge < -0.3 is 14.3 Å². The first-order chi connectivity index (χ1) is 21.0. The predicted molar refractivity (Wildman–Crippen MR) is 159 cm³/mol. The molecule has 8 atom stereocenters. The van der Waals surface area contributed by atoms with E-state index in [1.165, 1.54) is 30.2 Å². The van der Waals surface area contributed by atoms with Crippen LogP contribution in [0.25, 0.3) is 11.8 Å². The van der Waals surface area contributed by atoms with Gasteiger partial charge in [-0.3, -0.25) is 4.79 Å². The molecular weight excluding hydrogens is 588 g/mol. The highest BCUT2D eigenvalue weighted by Crippen LogP contribution is 2.69. The summed E-state index contributed by atoms with van der Waals surface area (Å²) in [5.74, 6) is -1.26. The van der Waals surface area contributed by atoms with E-state index in [1.807, 2.05) is 13.1 Å². The van der Waals surface area contributed by atoms with Crippen molar-refractivity contribution in [3.05, 3.63) is 71.5 Å². The van der Waals surface area contributed by atoms with Gasteiger partial charge in [-0.25, -0.2) is 18.9 Å². The maximum absolute atomic E-state index is 13.7. The van der Waals surface area contributed by atoms with E-state index in [0.29, 0.717) is 30.3 Å². The fourth-order valence-electron chi connectivity index (χ4n) is 9.63. The van der Waals surface area contributed by atoms with E-state index in [2.05, 4.69) is 30.0 Å². The van der Waals surface area contributed by atoms with Crippen molar-refractivity contribution in [3.8, 4) is 5.69 Å². The fraction of sp³-hybridized carbons (Fsp3) is 0.515. The molecule has 44 heavy (non-hydrogen) atoms. The highest BCUT2D eigenvalue weighted by molar-refractivity contribution is 8.13. The molecule has 3 saturated carbocycles. The van der Waals surface area contributed by atoms with Crippen LogP contribution in [0.4, 0.5) is 8.78 Å². The van der Waals surface area contributed by atoms with Crippen LogP contribution < -0.4 is 0 Å². The average molecular weight is 624 g/mol. The topological polar surface area (TPSA) is 107 Å². The first kappa shape index (κ1) is 29.4. The molecule has 8 nitrogen and oxygen atoms in total. The van der Waals surface area contributed by atoms with Crippen molar-refractivity contribution in [2.24, 2.45) is 34.5 Å². The number of fused-ring (bicyclic) bond motifs is 6. The van der Waals surface area contributed by atoms with Crippen molar-refractivity contribution >= 4 is 28.9 Å². The first-order valence-corrected chi connectivity index (χ1v) is 16.1. The first-order valence-electron chi connectivity index (χ1n) is 15.1. The Balaban J connectivity index is 1.25. The number of carbonyl (C=O) groups is 2. The second-order valence-corrected chi connectivity index (χ2v) is 14.3. The van der Waals surface area contributed by atoms with Crippen LogP contribution in [0.15, 0.2) is 52.9 Å². The highest BCUT2D eigenvalue weighted by atomic mass is 32.2. The van der Waals surface area contributed by atoms with E-state index >= 15 is 0 Å². The number of carbonyl (C=O) groups excluding carboxylic acids is 2. The summed E-state index contributed by atoms with van der Waals surface area (Å²) in [6.07, 6.45) is 8.65. The van der Waals surface area contributed by atoms with Crippen molar-refractivity contribution in [1.82, 2.24) is 14.8 Å². The molecule has 11 heteroatoms. The number of allylic oxidation sites excluding steroid dienone is 1. The van der Waals surface area contributed by atoms with Gasteiger partial charge in [0.1, 0.15) is 6.01 Å². The summed E-state index contributed by atoms with van der Waals surface area (Å²) in [6, 6.07) is 5.09. The van der Waals surface area contributed by atoms with Gasteiger partial charge >= 0.3 is 5.97 Å². The second-order valence-electron chi connectivity index (χ2n) is 13.4. The van der Waals surface area contributed by atoms with E-state index in [1.54, 1.807) is 16.8 Å². The van der Waals surface area contributed by atoms with Gasteiger partial charge in [0.25, 0.3) is 0 Å². The monoisotopic (exact) mass is 623 g/mol. The number of halogens is 2. The third-order valence-corrected chi connectivity index (χ3v) is 12.0. The molecule has 0 bridgehead atoms. The molecule has 3 fully saturated rings. The Morgan fingerprint density at radius 2 is 2.07 bits per heavy atom. The largest absolute Gasteiger partial charge is 0.457 e. The fourth-order valence-corrected chi connectivity index (χ4v) is 10.3. The lowest BCUT2D eigenvalue weighted by atomic mass is 9.44. The summed E-state index contributed by atoms with van der Waals surface area (Å²) < 4.78 is 40.3. The molecule has 4 aliphatic carbocycles. The molecule has 0 spiro atoms. The minimum Gasteiger partial charge on any atom is -0.457 e. The van der Waals surface area contributed by atoms with Gasteiger partial charge in [-0.2, -0.15) is 9.49 Å². The summed E-state index contributed by atoms with van der Waals surface area (Å²) in [6.45, 7) is 6.36. The van der Waals surface area contributed by atoms with Crippen LogP contribution in [0, 0.1) is 40.4 Å². The molecule has 7 rings (SSSR count). The summed E-state index contributed by atoms with van der Waals surface area (Å²) in [5.41, 5.74) is 1.02. The van der Waals surface area contributed by atoms with Crippen molar-refractivity contribution in [3.63, 3.8) is 0 Å². The summed E-state index contributed by atoms with van der Waals surface area (Å²) in [7, 11) is 0. The van der Waals surface area contributed by atoms with Gasteiger partial charge in [-0.15, -0.1) is 0 Å². The predicted octanol–water partition coefficient (Wildman–Crippen LogP) is 6.18. The van der Waals surface area contributed by atoms with Crippen molar-refractivity contribution in [2.75, 3.05) is 6.01 Å². The normalized spacial score (nSPS) is 35.6. The molecule has 0 amide bonds. The maximum atomic E-state index is 13.7. The van der Waals surface area contributed by atoms with Gasteiger partial charge in [0.2, 0.25) is 16.8 Å². The van der Waals surface area contributed by atoms with Gasteiger partial charge in [-0.05, 0) is 109 Å². The summed E-state index contributed by atoms with van der Waals surface area (Å²) in [5, 5.41) is 16.2. The molecule has 232 valence electrons. The maximum Gasteiger partial charge on any atom is 0.375 e. The number of alkyl halides is 1. The number of hydrogen-bond acceptors (Lipinski definition) is 8. The number of ether oxygens (including phenoxy) is 1. The lowest BCUT2D eigenvalue weighted by Crippen LogP contribution is -2.63. The number of aromatic nitrogens is 3. The Labute approximate surface area is 258 Å². The molecule has 1 N–H and O–H groups in total. The molecule has 3 heterocycles. The Bertz CT molecular complexity index is 1640. The highest BCUT2D eigenvalue weighted by Gasteiger charge is 2.71. The van der Waals surface area contributed by atoms with E-state index in [-0.39, 0.29) is 47.7 Å². The third kappa shape index (κ3) is 4.11. The van der Waals surface area contributed by atoms with Crippen LogP contribution in [0.3, 0.4) is 0 Å². The van der Waals surface area contributed by atoms with E-state index in [0.717, 1.165) is 17.7 Å². The number of rotatable bonds is 5. The minimum absolute atomic E-state index is 0.0211. The zero-order chi connectivity index (χ0) is 31.0. The van der Waals surface area contributed by atoms with Gasteiger partial charge in [0.05, 0.1) is 36.1 Å². The van der Waals surface area contributed by atoms with Crippen molar-refractivity contribution in [2.45, 2.75) is 64.6 Å². The molecule has 0 aliphatic heterocycles. The van der Waals surface area contributed by atoms with E-state index < -0.39 is 40.2 Å². The number of esters is 1. The lowest BCUT2D eigenvalue weighted by Gasteiger charge is -2.61. The Hall–Kier alpha value is -3.31. The third-order valence-electron chi connectivity index (χ3n) is 11.3. The smallest absolute Gasteiger partial charge is 0.375 e. The Morgan fingerprint density at radius 3 is 2.77 bits per heavy atom. The van der Waals surface area contributed by atoms with Crippen molar-refractivity contribution in [1.29, 1.82) is 0 Å². The standard InChI is InChI=1S/C33H35F2N3O5S/c1-18-11-21-22-8-9-33(30(41)44-17-34,43-29(40)26-5-4-10-42-26)32(22,3)14-25(39)28(21)31(2)13-19-15-37-38(24(19)12-23(18)31)20-6-7-27(35)36-16-20/h4-7,10,12,15-16,18,21-22,25,28,39H,8-9,11,13-14,17H2,1-3H3/t18-,21-,22?,25-,28?,31-,32-,33-/m0/s1. The zero-order valence-corrected chi connectivity index (χ0v) is 25.7. The van der Waals surface area contributed by atoms with Crippen LogP contribution in [0.1, 0.15) is 68.3 Å². The molecule has 0 aromatic carbocycles. The number of nitrogens with zero attached hydrogens (tertiary/aromatic N) is 3. The molecule has 4 aliphatic rings. The van der Waals surface area contributed by atoms with Crippen molar-refractivity contribution < 1.29 is 32.6 Å². The molecule has 3 aromatic heterocycles. The van der Waals surface area contributed by atoms with Crippen LogP contribution >= 0.6 is 11.8 Å². The van der Waals surface area contributed by atoms with Crippen LogP contribution in [0.5, 0.6) is 0 Å². The van der Waals surface area contributed by atoms with Crippen LogP contribution in [-0.4, -0.2) is 48.7 Å². The summed E-state index contributed by atoms with van der Waals surface area (Å²) >= 11 is 0.524. The minimum atomic E-state index is -1.59. The Morgan fingerprint density at radius 1 is 1.25 bits per heavy atom. The molecule has 3 aromatic rings. The molecule has 2 unspecified atom stereocenters. The number of thioether (sulfide) groups is 1. The Kier molecular flexibility index (Phi) is 6.93. The number of aliphatic hydroxyl groups excluding tert-OH is 1. The number of aliphatic hydroxyl groups is 1. The molecule has 0 saturated heterocycles. The SMILES string of the molecule is C[C@H]1C[C@@H]2C([C@@H](O)C[C@@]3(C)C2CC[C@]3(OC(=O)c2ccco2)C(=O)SCF)[C@@]2(C)Cc3cnn(-c4ccc(F)nc4)c3C=C12. The second kappa shape index (κ2) is 10.4. The van der Waals surface area contributed by atoms with E-state index in [9.17, 15) is 23.5 Å². The quantitative estimate of drug-likeness (QED) is 0.265. The van der Waals surface area contributed by atoms with Gasteiger partial charge in [0.15, 0.2) is 5.60 Å². The average Bonchev–Trinajstić information content (AvgIpc) is 3.71. The zero-order valence-electron chi connectivity index (χ0n) is 24.8. The molecular formula is C33H35F2N3O5S. The van der Waals surface area contributed by atoms with E-state index in [4.69, 9.17) is 9.15 Å². The lowest BCUT2D eigenvalue weighted by molar-refractivity contribution is -0.177. The van der Waals surface area contributed by atoms with Crippen LogP contribution in [0.2, 0.25) is 0 Å². The van der Waals surface area contributed by atoms with Gasteiger partial charge in [0, 0.05) is 5.41 Å². The summed E-state index contributed by atoms with van der Waals surface area (Å²) in [4.78, 5) is 30.7. The van der Waals surface area contributed by atoms with Gasteiger partial charge in [-0.1, -0.05) is 26.3 Å². The number of hydrogen-bond donors (Lipinski definition) is 1. The molecule has 0 radical (unpaired) electrons. The number of furan rings is 1.